The van der Waals surface area contributed by atoms with Gasteiger partial charge in [0.1, 0.15) is 0 Å². The van der Waals surface area contributed by atoms with Crippen molar-refractivity contribution in [2.75, 3.05) is 0 Å². The lowest BCUT2D eigenvalue weighted by Crippen LogP contribution is -2.33. The second kappa shape index (κ2) is 4.74. The highest BCUT2D eigenvalue weighted by molar-refractivity contribution is 6.34. The highest BCUT2D eigenvalue weighted by Crippen LogP contribution is 2.20. The fourth-order valence-electron chi connectivity index (χ4n) is 1.55. The van der Waals surface area contributed by atoms with Crippen LogP contribution in [0.4, 0.5) is 0 Å². The molecule has 0 radical (unpaired) electrons. The van der Waals surface area contributed by atoms with E-state index in [0.29, 0.717) is 5.92 Å². The normalized spacial score (nSPS) is 24.6. The number of hydrazone groups is 1. The van der Waals surface area contributed by atoms with Gasteiger partial charge in [0.2, 0.25) is 0 Å². The third-order valence-electron chi connectivity index (χ3n) is 2.29. The van der Waals surface area contributed by atoms with Crippen LogP contribution in [0.3, 0.4) is 0 Å². The summed E-state index contributed by atoms with van der Waals surface area (Å²) in [4.78, 5) is 21.2. The fourth-order valence-corrected chi connectivity index (χ4v) is 1.55. The van der Waals surface area contributed by atoms with E-state index in [-0.39, 0.29) is 0 Å². The Morgan fingerprint density at radius 1 is 1.57 bits per heavy atom. The molecule has 5 nitrogen and oxygen atoms in total. The maximum absolute atomic E-state index is 10.8. The Labute approximate surface area is 82.7 Å². The lowest BCUT2D eigenvalue weighted by Gasteiger charge is -2.18. The molecule has 1 aliphatic rings. The van der Waals surface area contributed by atoms with Gasteiger partial charge in [-0.1, -0.05) is 6.92 Å². The molecule has 0 spiro atoms. The number of hydrogen-bond acceptors (Lipinski definition) is 3. The van der Waals surface area contributed by atoms with Crippen LogP contribution in [0.15, 0.2) is 5.10 Å². The van der Waals surface area contributed by atoms with Gasteiger partial charge in [0.05, 0.1) is 0 Å². The van der Waals surface area contributed by atoms with Gasteiger partial charge in [-0.3, -0.25) is 9.59 Å². The second-order valence-electron chi connectivity index (χ2n) is 3.68. The molecule has 1 fully saturated rings. The minimum Gasteiger partial charge on any atom is -0.361 e. The van der Waals surface area contributed by atoms with Crippen molar-refractivity contribution in [3.05, 3.63) is 0 Å². The summed E-state index contributed by atoms with van der Waals surface area (Å²) in [7, 11) is 0. The Kier molecular flexibility index (Phi) is 3.62. The number of nitrogens with two attached hydrogens (primary N) is 1. The number of hydrogen-bond donors (Lipinski definition) is 2. The van der Waals surface area contributed by atoms with Crippen LogP contribution in [-0.2, 0) is 9.59 Å². The number of carbonyl (C=O) groups is 2. The van der Waals surface area contributed by atoms with Gasteiger partial charge >= 0.3 is 11.8 Å². The fraction of sp³-hybridized carbons (Fsp3) is 0.667. The van der Waals surface area contributed by atoms with Crippen molar-refractivity contribution in [2.24, 2.45) is 16.8 Å². The molecule has 14 heavy (non-hydrogen) atoms. The predicted octanol–water partition coefficient (Wildman–Crippen LogP) is 0.154. The van der Waals surface area contributed by atoms with E-state index >= 15 is 0 Å². The summed E-state index contributed by atoms with van der Waals surface area (Å²) in [6, 6.07) is 0. The number of carbonyl (C=O) groups excluding carboxylic acids is 2. The first kappa shape index (κ1) is 10.7. The Hall–Kier alpha value is -1.39. The maximum atomic E-state index is 10.8. The van der Waals surface area contributed by atoms with Gasteiger partial charge in [0.25, 0.3) is 0 Å². The van der Waals surface area contributed by atoms with Crippen LogP contribution in [-0.4, -0.2) is 17.5 Å². The average molecular weight is 197 g/mol. The van der Waals surface area contributed by atoms with Crippen molar-refractivity contribution in [1.29, 1.82) is 0 Å². The Balaban J connectivity index is 2.43. The van der Waals surface area contributed by atoms with Crippen LogP contribution < -0.4 is 11.2 Å². The molecule has 0 aromatic heterocycles. The monoisotopic (exact) mass is 197 g/mol. The summed E-state index contributed by atoms with van der Waals surface area (Å²) in [5, 5.41) is 3.87. The van der Waals surface area contributed by atoms with Gasteiger partial charge in [-0.2, -0.15) is 5.10 Å². The molecule has 0 saturated heterocycles. The van der Waals surface area contributed by atoms with E-state index in [1.165, 1.54) is 6.42 Å². The van der Waals surface area contributed by atoms with E-state index in [1.54, 1.807) is 0 Å². The largest absolute Gasteiger partial charge is 0.361 e. The topological polar surface area (TPSA) is 84.6 Å². The van der Waals surface area contributed by atoms with Crippen LogP contribution in [0, 0.1) is 5.92 Å². The molecule has 1 aliphatic carbocycles. The van der Waals surface area contributed by atoms with E-state index < -0.39 is 11.8 Å². The lowest BCUT2D eigenvalue weighted by molar-refractivity contribution is -0.137. The Morgan fingerprint density at radius 2 is 2.29 bits per heavy atom. The molecule has 0 aromatic carbocycles. The second-order valence-corrected chi connectivity index (χ2v) is 3.68. The molecule has 0 bridgehead atoms. The van der Waals surface area contributed by atoms with Gasteiger partial charge in [0.15, 0.2) is 0 Å². The van der Waals surface area contributed by atoms with E-state index in [4.69, 9.17) is 5.73 Å². The third kappa shape index (κ3) is 3.16. The Morgan fingerprint density at radius 3 is 2.86 bits per heavy atom. The van der Waals surface area contributed by atoms with Crippen molar-refractivity contribution in [2.45, 2.75) is 32.6 Å². The SMILES string of the molecule is CC1CCCC(=NNC(=O)C(N)=O)C1. The third-order valence-corrected chi connectivity index (χ3v) is 2.29. The van der Waals surface area contributed by atoms with Crippen LogP contribution in [0.25, 0.3) is 0 Å². The minimum absolute atomic E-state index is 0.605. The zero-order valence-electron chi connectivity index (χ0n) is 8.25. The number of nitrogens with zero attached hydrogens (tertiary/aromatic N) is 1. The van der Waals surface area contributed by atoms with Crippen molar-refractivity contribution in [3.63, 3.8) is 0 Å². The smallest absolute Gasteiger partial charge is 0.329 e. The number of rotatable bonds is 1. The summed E-state index contributed by atoms with van der Waals surface area (Å²) in [5.74, 6) is -1.25. The van der Waals surface area contributed by atoms with Crippen molar-refractivity contribution in [1.82, 2.24) is 5.43 Å². The quantitative estimate of drug-likeness (QED) is 0.463. The highest BCUT2D eigenvalue weighted by Gasteiger charge is 2.14. The summed E-state index contributed by atoms with van der Waals surface area (Å²) in [5.41, 5.74) is 7.85. The average Bonchev–Trinajstić information content (AvgIpc) is 2.14. The van der Waals surface area contributed by atoms with E-state index in [9.17, 15) is 9.59 Å². The first-order chi connectivity index (χ1) is 6.59. The molecule has 1 unspecified atom stereocenters. The Bertz CT molecular complexity index is 273. The van der Waals surface area contributed by atoms with Crippen molar-refractivity contribution in [3.8, 4) is 0 Å². The summed E-state index contributed by atoms with van der Waals surface area (Å²) in [6.45, 7) is 2.14. The van der Waals surface area contributed by atoms with E-state index in [0.717, 1.165) is 25.0 Å². The first-order valence-electron chi connectivity index (χ1n) is 4.75. The summed E-state index contributed by atoms with van der Waals surface area (Å²) < 4.78 is 0. The molecule has 0 aromatic rings. The van der Waals surface area contributed by atoms with E-state index in [1.807, 2.05) is 0 Å². The molecule has 0 aliphatic heterocycles. The molecule has 78 valence electrons. The van der Waals surface area contributed by atoms with Crippen LogP contribution in [0.1, 0.15) is 32.6 Å². The number of amides is 2. The molecule has 2 amide bonds. The van der Waals surface area contributed by atoms with Gasteiger partial charge in [0, 0.05) is 5.71 Å². The molecule has 1 rings (SSSR count). The molecule has 0 heterocycles. The molecule has 5 heteroatoms. The predicted molar refractivity (Wildman–Crippen MR) is 52.4 cm³/mol. The number of primary amides is 1. The standard InChI is InChI=1S/C9H15N3O2/c1-6-3-2-4-7(5-6)11-12-9(14)8(10)13/h6H,2-5H2,1H3,(H2,10,13)(H,12,14). The van der Waals surface area contributed by atoms with Crippen LogP contribution in [0.5, 0.6) is 0 Å². The molecule has 1 atom stereocenters. The minimum atomic E-state index is -1.00. The molecule has 1 saturated carbocycles. The summed E-state index contributed by atoms with van der Waals surface area (Å²) >= 11 is 0. The molecule has 3 N–H and O–H groups in total. The van der Waals surface area contributed by atoms with Gasteiger partial charge in [-0.25, -0.2) is 5.43 Å². The molecular formula is C9H15N3O2. The highest BCUT2D eigenvalue weighted by atomic mass is 16.2. The molecular weight excluding hydrogens is 182 g/mol. The first-order valence-corrected chi connectivity index (χ1v) is 4.75. The van der Waals surface area contributed by atoms with Crippen molar-refractivity contribution < 1.29 is 9.59 Å². The maximum Gasteiger partial charge on any atom is 0.329 e. The van der Waals surface area contributed by atoms with E-state index in [2.05, 4.69) is 17.5 Å². The van der Waals surface area contributed by atoms with Gasteiger partial charge in [-0.05, 0) is 31.6 Å². The van der Waals surface area contributed by atoms with Crippen LogP contribution in [0.2, 0.25) is 0 Å². The van der Waals surface area contributed by atoms with Crippen LogP contribution >= 0.6 is 0 Å². The zero-order chi connectivity index (χ0) is 10.6. The number of nitrogens with one attached hydrogen (secondary N) is 1. The van der Waals surface area contributed by atoms with Gasteiger partial charge in [-0.15, -0.1) is 0 Å². The zero-order valence-corrected chi connectivity index (χ0v) is 8.25. The lowest BCUT2D eigenvalue weighted by atomic mass is 9.89. The van der Waals surface area contributed by atoms with Crippen molar-refractivity contribution >= 4 is 17.5 Å². The summed E-state index contributed by atoms with van der Waals surface area (Å²) in [6.07, 6.45) is 4.07. The van der Waals surface area contributed by atoms with Gasteiger partial charge < -0.3 is 5.73 Å².